The third-order valence-electron chi connectivity index (χ3n) is 3.00. The minimum absolute atomic E-state index is 0.162. The van der Waals surface area contributed by atoms with Crippen molar-refractivity contribution in [2.75, 3.05) is 5.73 Å². The summed E-state index contributed by atoms with van der Waals surface area (Å²) in [6.45, 7) is 3.86. The zero-order valence-electron chi connectivity index (χ0n) is 10.8. The minimum atomic E-state index is -3.58. The van der Waals surface area contributed by atoms with E-state index < -0.39 is 10.0 Å². The molecule has 0 spiro atoms. The summed E-state index contributed by atoms with van der Waals surface area (Å²) in [5.74, 6) is 0. The molecule has 0 atom stereocenters. The van der Waals surface area contributed by atoms with Gasteiger partial charge in [-0.3, -0.25) is 5.10 Å². The van der Waals surface area contributed by atoms with Gasteiger partial charge in [-0.1, -0.05) is 0 Å². The molecule has 6 nitrogen and oxygen atoms in total. The minimum Gasteiger partial charge on any atom is -0.398 e. The summed E-state index contributed by atoms with van der Waals surface area (Å²) in [5.41, 5.74) is 8.71. The Labute approximate surface area is 112 Å². The summed E-state index contributed by atoms with van der Waals surface area (Å²) in [6, 6.07) is 4.79. The summed E-state index contributed by atoms with van der Waals surface area (Å²) in [6.07, 6.45) is 1.57. The maximum atomic E-state index is 12.1. The molecule has 0 amide bonds. The van der Waals surface area contributed by atoms with Crippen LogP contribution in [0.3, 0.4) is 0 Å². The smallest absolute Gasteiger partial charge is 0.241 e. The Morgan fingerprint density at radius 2 is 2.11 bits per heavy atom. The lowest BCUT2D eigenvalue weighted by molar-refractivity contribution is 0.580. The van der Waals surface area contributed by atoms with Crippen molar-refractivity contribution < 1.29 is 8.42 Å². The summed E-state index contributed by atoms with van der Waals surface area (Å²) in [5, 5.41) is 6.45. The average molecular weight is 280 g/mol. The van der Waals surface area contributed by atoms with Crippen LogP contribution in [0.1, 0.15) is 16.8 Å². The largest absolute Gasteiger partial charge is 0.398 e. The molecule has 1 heterocycles. The standard InChI is InChI=1S/C12H16N4O2S/c1-8-5-11(6-12(13)9(8)2)19(17,18)15-7-10-3-4-14-16-10/h3-6,15H,7,13H2,1-2H3,(H,14,16). The molecule has 0 aliphatic heterocycles. The predicted molar refractivity (Wildman–Crippen MR) is 72.9 cm³/mol. The molecule has 0 aliphatic rings. The normalized spacial score (nSPS) is 11.7. The van der Waals surface area contributed by atoms with E-state index in [1.54, 1.807) is 18.3 Å². The summed E-state index contributed by atoms with van der Waals surface area (Å²) >= 11 is 0. The molecular formula is C12H16N4O2S. The van der Waals surface area contributed by atoms with E-state index in [1.165, 1.54) is 6.07 Å². The highest BCUT2D eigenvalue weighted by atomic mass is 32.2. The molecule has 19 heavy (non-hydrogen) atoms. The Balaban J connectivity index is 2.24. The molecule has 0 saturated carbocycles. The van der Waals surface area contributed by atoms with E-state index in [9.17, 15) is 8.42 Å². The van der Waals surface area contributed by atoms with Crippen LogP contribution in [-0.4, -0.2) is 18.6 Å². The number of nitrogens with zero attached hydrogens (tertiary/aromatic N) is 1. The van der Waals surface area contributed by atoms with Crippen molar-refractivity contribution in [3.63, 3.8) is 0 Å². The molecule has 2 rings (SSSR count). The molecule has 1 aromatic heterocycles. The van der Waals surface area contributed by atoms with E-state index in [0.717, 1.165) is 11.1 Å². The van der Waals surface area contributed by atoms with Gasteiger partial charge in [0.15, 0.2) is 0 Å². The number of aryl methyl sites for hydroxylation is 1. The van der Waals surface area contributed by atoms with E-state index >= 15 is 0 Å². The number of sulfonamides is 1. The van der Waals surface area contributed by atoms with Crippen LogP contribution in [0.2, 0.25) is 0 Å². The molecule has 102 valence electrons. The predicted octanol–water partition coefficient (Wildman–Crippen LogP) is 1.09. The molecule has 0 radical (unpaired) electrons. The number of hydrogen-bond acceptors (Lipinski definition) is 4. The molecule has 0 saturated heterocycles. The second-order valence-corrected chi connectivity index (χ2v) is 6.13. The first-order valence-corrected chi connectivity index (χ1v) is 7.23. The fraction of sp³-hybridized carbons (Fsp3) is 0.250. The lowest BCUT2D eigenvalue weighted by Crippen LogP contribution is -2.23. The number of aromatic amines is 1. The summed E-state index contributed by atoms with van der Waals surface area (Å²) in [7, 11) is -3.58. The first kappa shape index (κ1) is 13.6. The molecule has 2 aromatic rings. The van der Waals surface area contributed by atoms with Crippen LogP contribution in [-0.2, 0) is 16.6 Å². The van der Waals surface area contributed by atoms with E-state index in [1.807, 2.05) is 13.8 Å². The monoisotopic (exact) mass is 280 g/mol. The van der Waals surface area contributed by atoms with Gasteiger partial charge in [0.25, 0.3) is 0 Å². The molecular weight excluding hydrogens is 264 g/mol. The first-order chi connectivity index (χ1) is 8.90. The van der Waals surface area contributed by atoms with E-state index in [-0.39, 0.29) is 11.4 Å². The summed E-state index contributed by atoms with van der Waals surface area (Å²) in [4.78, 5) is 0.174. The van der Waals surface area contributed by atoms with Gasteiger partial charge in [0.1, 0.15) is 0 Å². The second kappa shape index (κ2) is 5.02. The lowest BCUT2D eigenvalue weighted by Gasteiger charge is -2.10. The second-order valence-electron chi connectivity index (χ2n) is 4.36. The van der Waals surface area contributed by atoms with Gasteiger partial charge in [0, 0.05) is 11.9 Å². The molecule has 1 aromatic carbocycles. The van der Waals surface area contributed by atoms with Crippen molar-refractivity contribution >= 4 is 15.7 Å². The van der Waals surface area contributed by atoms with Crippen molar-refractivity contribution in [1.29, 1.82) is 0 Å². The zero-order chi connectivity index (χ0) is 14.0. The van der Waals surface area contributed by atoms with Gasteiger partial charge in [-0.25, -0.2) is 13.1 Å². The van der Waals surface area contributed by atoms with Gasteiger partial charge in [0.2, 0.25) is 10.0 Å². The SMILES string of the molecule is Cc1cc(S(=O)(=O)NCc2ccn[nH]2)cc(N)c1C. The van der Waals surface area contributed by atoms with Crippen molar-refractivity contribution in [2.24, 2.45) is 0 Å². The first-order valence-electron chi connectivity index (χ1n) is 5.75. The Morgan fingerprint density at radius 1 is 1.37 bits per heavy atom. The van der Waals surface area contributed by atoms with Crippen molar-refractivity contribution in [3.8, 4) is 0 Å². The molecule has 7 heteroatoms. The Bertz CT molecular complexity index is 655. The Morgan fingerprint density at radius 3 is 2.68 bits per heavy atom. The molecule has 0 aliphatic carbocycles. The number of rotatable bonds is 4. The van der Waals surface area contributed by atoms with Gasteiger partial charge in [0.05, 0.1) is 17.1 Å². The lowest BCUT2D eigenvalue weighted by atomic mass is 10.1. The van der Waals surface area contributed by atoms with E-state index in [0.29, 0.717) is 11.4 Å². The fourth-order valence-electron chi connectivity index (χ4n) is 1.65. The molecule has 0 fully saturated rings. The third kappa shape index (κ3) is 2.94. The van der Waals surface area contributed by atoms with Gasteiger partial charge >= 0.3 is 0 Å². The highest BCUT2D eigenvalue weighted by Gasteiger charge is 2.16. The van der Waals surface area contributed by atoms with Crippen molar-refractivity contribution in [1.82, 2.24) is 14.9 Å². The maximum Gasteiger partial charge on any atom is 0.241 e. The molecule has 0 bridgehead atoms. The van der Waals surface area contributed by atoms with Gasteiger partial charge in [-0.15, -0.1) is 0 Å². The highest BCUT2D eigenvalue weighted by Crippen LogP contribution is 2.21. The molecule has 0 unspecified atom stereocenters. The van der Waals surface area contributed by atoms with Crippen LogP contribution in [0.5, 0.6) is 0 Å². The van der Waals surface area contributed by atoms with Crippen LogP contribution in [0.4, 0.5) is 5.69 Å². The number of aromatic nitrogens is 2. The van der Waals surface area contributed by atoms with E-state index in [2.05, 4.69) is 14.9 Å². The Kier molecular flexibility index (Phi) is 3.59. The van der Waals surface area contributed by atoms with Gasteiger partial charge < -0.3 is 5.73 Å². The third-order valence-corrected chi connectivity index (χ3v) is 4.38. The van der Waals surface area contributed by atoms with Crippen LogP contribution in [0.15, 0.2) is 29.3 Å². The zero-order valence-corrected chi connectivity index (χ0v) is 11.6. The van der Waals surface area contributed by atoms with Crippen molar-refractivity contribution in [2.45, 2.75) is 25.3 Å². The highest BCUT2D eigenvalue weighted by molar-refractivity contribution is 7.89. The molecule has 4 N–H and O–H groups in total. The number of H-pyrrole nitrogens is 1. The number of hydrogen-bond donors (Lipinski definition) is 3. The number of nitrogens with two attached hydrogens (primary N) is 1. The van der Waals surface area contributed by atoms with Crippen LogP contribution >= 0.6 is 0 Å². The van der Waals surface area contributed by atoms with Crippen LogP contribution in [0.25, 0.3) is 0 Å². The summed E-state index contributed by atoms with van der Waals surface area (Å²) < 4.78 is 26.8. The van der Waals surface area contributed by atoms with Crippen LogP contribution < -0.4 is 10.5 Å². The quantitative estimate of drug-likeness (QED) is 0.730. The number of nitrogen functional groups attached to an aromatic ring is 1. The fourth-order valence-corrected chi connectivity index (χ4v) is 2.77. The van der Waals surface area contributed by atoms with Gasteiger partial charge in [-0.2, -0.15) is 5.10 Å². The maximum absolute atomic E-state index is 12.1. The Hall–Kier alpha value is -1.86. The number of anilines is 1. The van der Waals surface area contributed by atoms with E-state index in [4.69, 9.17) is 5.73 Å². The number of nitrogens with one attached hydrogen (secondary N) is 2. The average Bonchev–Trinajstić information content (AvgIpc) is 2.86. The van der Waals surface area contributed by atoms with Crippen LogP contribution in [0, 0.1) is 13.8 Å². The van der Waals surface area contributed by atoms with Gasteiger partial charge in [-0.05, 0) is 43.2 Å². The topological polar surface area (TPSA) is 101 Å². The number of benzene rings is 1. The van der Waals surface area contributed by atoms with Crippen molar-refractivity contribution in [3.05, 3.63) is 41.2 Å².